The van der Waals surface area contributed by atoms with Gasteiger partial charge in [-0.1, -0.05) is 20.8 Å². The number of hydrogen-bond donors (Lipinski definition) is 2. The smallest absolute Gasteiger partial charge is 0.129 e. The lowest BCUT2D eigenvalue weighted by atomic mass is 9.90. The molecule has 0 radical (unpaired) electrons. The van der Waals surface area contributed by atoms with E-state index in [1.54, 1.807) is 6.33 Å². The van der Waals surface area contributed by atoms with Crippen molar-refractivity contribution in [2.45, 2.75) is 27.2 Å². The van der Waals surface area contributed by atoms with Gasteiger partial charge >= 0.3 is 0 Å². The van der Waals surface area contributed by atoms with E-state index in [4.69, 9.17) is 5.11 Å². The Labute approximate surface area is 90.8 Å². The number of aliphatic hydroxyl groups is 1. The van der Waals surface area contributed by atoms with Crippen molar-refractivity contribution < 1.29 is 5.11 Å². The van der Waals surface area contributed by atoms with Crippen molar-refractivity contribution in [3.63, 3.8) is 0 Å². The van der Waals surface area contributed by atoms with Gasteiger partial charge in [-0.15, -0.1) is 0 Å². The first-order chi connectivity index (χ1) is 7.01. The zero-order chi connectivity index (χ0) is 11.3. The lowest BCUT2D eigenvalue weighted by molar-refractivity contribution is 0.311. The van der Waals surface area contributed by atoms with E-state index in [9.17, 15) is 0 Å². The molecule has 4 heteroatoms. The minimum atomic E-state index is 0.110. The lowest BCUT2D eigenvalue weighted by Crippen LogP contribution is -2.12. The van der Waals surface area contributed by atoms with Crippen molar-refractivity contribution in [1.29, 1.82) is 0 Å². The molecule has 1 rings (SSSR count). The van der Waals surface area contributed by atoms with Gasteiger partial charge in [0, 0.05) is 18.3 Å². The third-order valence-corrected chi connectivity index (χ3v) is 1.85. The van der Waals surface area contributed by atoms with Crippen molar-refractivity contribution in [3.8, 4) is 0 Å². The molecule has 0 saturated carbocycles. The molecule has 0 unspecified atom stereocenters. The van der Waals surface area contributed by atoms with Crippen LogP contribution < -0.4 is 5.32 Å². The highest BCUT2D eigenvalue weighted by atomic mass is 16.3. The van der Waals surface area contributed by atoms with E-state index < -0.39 is 0 Å². The van der Waals surface area contributed by atoms with E-state index in [0.29, 0.717) is 6.54 Å². The summed E-state index contributed by atoms with van der Waals surface area (Å²) >= 11 is 0. The molecule has 0 aliphatic heterocycles. The fourth-order valence-corrected chi connectivity index (χ4v) is 1.32. The molecule has 1 aromatic rings. The van der Waals surface area contributed by atoms with Crippen LogP contribution in [-0.4, -0.2) is 28.2 Å². The summed E-state index contributed by atoms with van der Waals surface area (Å²) in [6.07, 6.45) is 2.48. The highest BCUT2D eigenvalue weighted by Crippen LogP contribution is 2.19. The molecular weight excluding hydrogens is 190 g/mol. The number of anilines is 1. The Morgan fingerprint density at radius 3 is 2.67 bits per heavy atom. The number of nitrogens with one attached hydrogen (secondary N) is 1. The van der Waals surface area contributed by atoms with E-state index in [2.05, 4.69) is 36.1 Å². The predicted molar refractivity (Wildman–Crippen MR) is 60.8 cm³/mol. The molecule has 1 heterocycles. The van der Waals surface area contributed by atoms with E-state index >= 15 is 0 Å². The number of rotatable bonds is 4. The summed E-state index contributed by atoms with van der Waals surface area (Å²) in [7, 11) is 0. The van der Waals surface area contributed by atoms with Gasteiger partial charge in [0.1, 0.15) is 12.1 Å². The summed E-state index contributed by atoms with van der Waals surface area (Å²) in [6.45, 7) is 7.16. The number of hydrogen-bond acceptors (Lipinski definition) is 4. The van der Waals surface area contributed by atoms with Crippen molar-refractivity contribution in [2.24, 2.45) is 5.41 Å². The van der Waals surface area contributed by atoms with Crippen LogP contribution in [0, 0.1) is 5.41 Å². The topological polar surface area (TPSA) is 58.0 Å². The highest BCUT2D eigenvalue weighted by Gasteiger charge is 2.12. The Bertz CT molecular complexity index is 307. The van der Waals surface area contributed by atoms with Crippen molar-refractivity contribution in [1.82, 2.24) is 9.97 Å². The van der Waals surface area contributed by atoms with Crippen molar-refractivity contribution in [2.75, 3.05) is 18.5 Å². The van der Waals surface area contributed by atoms with Crippen molar-refractivity contribution in [3.05, 3.63) is 18.1 Å². The number of aliphatic hydroxyl groups excluding tert-OH is 1. The summed E-state index contributed by atoms with van der Waals surface area (Å²) in [5.74, 6) is 0.776. The molecule has 4 nitrogen and oxygen atoms in total. The van der Waals surface area contributed by atoms with Gasteiger partial charge in [0.2, 0.25) is 0 Å². The van der Waals surface area contributed by atoms with Crippen LogP contribution >= 0.6 is 0 Å². The van der Waals surface area contributed by atoms with Gasteiger partial charge in [-0.3, -0.25) is 0 Å². The molecular formula is C11H19N3O. The summed E-state index contributed by atoms with van der Waals surface area (Å²) in [6, 6.07) is 1.93. The van der Waals surface area contributed by atoms with E-state index in [1.165, 1.54) is 0 Å². The number of nitrogens with zero attached hydrogens (tertiary/aromatic N) is 2. The van der Waals surface area contributed by atoms with E-state index in [1.807, 2.05) is 6.07 Å². The maximum absolute atomic E-state index is 8.68. The SMILES string of the molecule is CC(C)(C)Cc1cc(NCCO)ncn1. The minimum Gasteiger partial charge on any atom is -0.395 e. The molecule has 0 atom stereocenters. The molecule has 84 valence electrons. The maximum atomic E-state index is 8.68. The Morgan fingerprint density at radius 1 is 1.33 bits per heavy atom. The van der Waals surface area contributed by atoms with Gasteiger partial charge in [-0.2, -0.15) is 0 Å². The molecule has 1 aromatic heterocycles. The second kappa shape index (κ2) is 5.07. The molecule has 0 aliphatic carbocycles. The summed E-state index contributed by atoms with van der Waals surface area (Å²) in [4.78, 5) is 8.29. The molecule has 0 saturated heterocycles. The lowest BCUT2D eigenvalue weighted by Gasteiger charge is -2.17. The van der Waals surface area contributed by atoms with Crippen LogP contribution in [0.1, 0.15) is 26.5 Å². The molecule has 15 heavy (non-hydrogen) atoms. The Morgan fingerprint density at radius 2 is 2.07 bits per heavy atom. The van der Waals surface area contributed by atoms with Gasteiger partial charge in [-0.25, -0.2) is 9.97 Å². The van der Waals surface area contributed by atoms with Crippen LogP contribution in [0.4, 0.5) is 5.82 Å². The molecule has 2 N–H and O–H groups in total. The molecule has 0 fully saturated rings. The third-order valence-electron chi connectivity index (χ3n) is 1.85. The third kappa shape index (κ3) is 4.74. The predicted octanol–water partition coefficient (Wildman–Crippen LogP) is 1.47. The summed E-state index contributed by atoms with van der Waals surface area (Å²) in [5.41, 5.74) is 1.25. The molecule has 0 bridgehead atoms. The Kier molecular flexibility index (Phi) is 4.03. The summed E-state index contributed by atoms with van der Waals surface area (Å²) < 4.78 is 0. The minimum absolute atomic E-state index is 0.110. The first-order valence-electron chi connectivity index (χ1n) is 5.17. The highest BCUT2D eigenvalue weighted by molar-refractivity contribution is 5.34. The Balaban J connectivity index is 2.66. The van der Waals surface area contributed by atoms with Gasteiger partial charge in [0.15, 0.2) is 0 Å². The van der Waals surface area contributed by atoms with E-state index in [0.717, 1.165) is 17.9 Å². The maximum Gasteiger partial charge on any atom is 0.129 e. The average molecular weight is 209 g/mol. The fourth-order valence-electron chi connectivity index (χ4n) is 1.32. The molecule has 0 aliphatic rings. The van der Waals surface area contributed by atoms with E-state index in [-0.39, 0.29) is 12.0 Å². The van der Waals surface area contributed by atoms with Crippen LogP contribution in [0.15, 0.2) is 12.4 Å². The first-order valence-corrected chi connectivity index (χ1v) is 5.17. The van der Waals surface area contributed by atoms with Crippen molar-refractivity contribution >= 4 is 5.82 Å². The van der Waals surface area contributed by atoms with Crippen LogP contribution in [0.2, 0.25) is 0 Å². The van der Waals surface area contributed by atoms with Gasteiger partial charge in [-0.05, 0) is 11.8 Å². The molecule has 0 aromatic carbocycles. The zero-order valence-electron chi connectivity index (χ0n) is 9.62. The first kappa shape index (κ1) is 11.9. The molecule has 0 amide bonds. The average Bonchev–Trinajstić information content (AvgIpc) is 2.12. The fraction of sp³-hybridized carbons (Fsp3) is 0.636. The van der Waals surface area contributed by atoms with Gasteiger partial charge in [0.05, 0.1) is 6.61 Å². The quantitative estimate of drug-likeness (QED) is 0.788. The second-order valence-corrected chi connectivity index (χ2v) is 4.78. The zero-order valence-corrected chi connectivity index (χ0v) is 9.62. The Hall–Kier alpha value is -1.16. The molecule has 0 spiro atoms. The van der Waals surface area contributed by atoms with Crippen LogP contribution in [-0.2, 0) is 6.42 Å². The standard InChI is InChI=1S/C11H19N3O/c1-11(2,3)7-9-6-10(12-4-5-15)14-8-13-9/h6,8,15H,4-5,7H2,1-3H3,(H,12,13,14). The van der Waals surface area contributed by atoms with Gasteiger partial charge < -0.3 is 10.4 Å². The normalized spacial score (nSPS) is 11.5. The van der Waals surface area contributed by atoms with Gasteiger partial charge in [0.25, 0.3) is 0 Å². The summed E-state index contributed by atoms with van der Waals surface area (Å²) in [5, 5.41) is 11.7. The second-order valence-electron chi connectivity index (χ2n) is 4.78. The van der Waals surface area contributed by atoms with Crippen LogP contribution in [0.3, 0.4) is 0 Å². The van der Waals surface area contributed by atoms with Crippen LogP contribution in [0.25, 0.3) is 0 Å². The van der Waals surface area contributed by atoms with Crippen LogP contribution in [0.5, 0.6) is 0 Å². The number of aromatic nitrogens is 2. The largest absolute Gasteiger partial charge is 0.395 e. The monoisotopic (exact) mass is 209 g/mol.